The third-order valence-corrected chi connectivity index (χ3v) is 14.2. The highest BCUT2D eigenvalue weighted by atomic mass is 15.0. The van der Waals surface area contributed by atoms with Crippen LogP contribution in [0.2, 0.25) is 0 Å². The van der Waals surface area contributed by atoms with Gasteiger partial charge in [-0.1, -0.05) is 111 Å². The van der Waals surface area contributed by atoms with Crippen LogP contribution in [-0.4, -0.2) is 18.3 Å². The Morgan fingerprint density at radius 1 is 0.393 bits per heavy atom. The van der Waals surface area contributed by atoms with Crippen LogP contribution in [0.4, 0.5) is 0 Å². The Kier molecular flexibility index (Phi) is 6.44. The summed E-state index contributed by atoms with van der Waals surface area (Å²) in [6, 6.07) is 63.7. The van der Waals surface area contributed by atoms with Crippen LogP contribution in [0.15, 0.2) is 176 Å². The summed E-state index contributed by atoms with van der Waals surface area (Å²) in [6.07, 6.45) is 6.83. The van der Waals surface area contributed by atoms with Crippen LogP contribution in [0.5, 0.6) is 0 Å². The van der Waals surface area contributed by atoms with E-state index in [1.54, 1.807) is 0 Å². The molecule has 0 N–H and O–H groups in total. The topological polar surface area (TPSA) is 19.7 Å². The monoisotopic (exact) mass is 780 g/mol. The number of aromatic nitrogens is 4. The molecule has 5 heterocycles. The van der Waals surface area contributed by atoms with Gasteiger partial charge in [-0.3, -0.25) is 0 Å². The third-order valence-electron chi connectivity index (χ3n) is 14.2. The van der Waals surface area contributed by atoms with Gasteiger partial charge < -0.3 is 18.3 Å². The Hall–Kier alpha value is -7.56. The molecule has 0 radical (unpaired) electrons. The number of hydrogen-bond donors (Lipinski definition) is 0. The smallest absolute Gasteiger partial charge is 0.0583 e. The van der Waals surface area contributed by atoms with E-state index >= 15 is 0 Å². The largest absolute Gasteiger partial charge is 0.310 e. The number of hydrogen-bond acceptors (Lipinski definition) is 0. The molecule has 8 aromatic carbocycles. The van der Waals surface area contributed by atoms with Crippen LogP contribution in [-0.2, 0) is 11.8 Å². The summed E-state index contributed by atoms with van der Waals surface area (Å²) in [4.78, 5) is 0. The Labute approximate surface area is 352 Å². The molecule has 4 nitrogen and oxygen atoms in total. The zero-order valence-corrected chi connectivity index (χ0v) is 34.0. The Balaban J connectivity index is 1.10. The fourth-order valence-electron chi connectivity index (χ4n) is 11.5. The van der Waals surface area contributed by atoms with E-state index in [9.17, 15) is 0 Å². The number of nitrogens with zero attached hydrogens (tertiary/aromatic N) is 4. The SMILES string of the molecule is CC1(C)c2cc(-n3c4c(c5ccccc53)CCC=C4)ccc2-n2c3ccc(-n4c5ccccc5c5ccccc54)cc3c3cc(-n4c5ccccc5c5ccccc54)cc1c32. The summed E-state index contributed by atoms with van der Waals surface area (Å²) >= 11 is 0. The van der Waals surface area contributed by atoms with Crippen molar-refractivity contribution >= 4 is 82.4 Å². The minimum absolute atomic E-state index is 0.322. The molecule has 0 unspecified atom stereocenters. The van der Waals surface area contributed by atoms with E-state index in [1.807, 2.05) is 0 Å². The molecular weight excluding hydrogens is 741 g/mol. The maximum Gasteiger partial charge on any atom is 0.0583 e. The van der Waals surface area contributed by atoms with Gasteiger partial charge in [-0.2, -0.15) is 0 Å². The molecule has 1 aliphatic carbocycles. The van der Waals surface area contributed by atoms with Crippen molar-refractivity contribution in [3.8, 4) is 22.7 Å². The molecule has 0 amide bonds. The number of aryl methyl sites for hydroxylation is 1. The number of rotatable bonds is 3. The highest BCUT2D eigenvalue weighted by Crippen LogP contribution is 2.50. The van der Waals surface area contributed by atoms with Gasteiger partial charge in [-0.15, -0.1) is 0 Å². The lowest BCUT2D eigenvalue weighted by molar-refractivity contribution is 0.629. The van der Waals surface area contributed by atoms with Crippen LogP contribution >= 0.6 is 0 Å². The first-order valence-corrected chi connectivity index (χ1v) is 21.6. The molecule has 61 heavy (non-hydrogen) atoms. The van der Waals surface area contributed by atoms with Gasteiger partial charge in [0, 0.05) is 65.9 Å². The van der Waals surface area contributed by atoms with Gasteiger partial charge in [0.2, 0.25) is 0 Å². The molecule has 2 aliphatic rings. The van der Waals surface area contributed by atoms with E-state index < -0.39 is 0 Å². The average molecular weight is 781 g/mol. The lowest BCUT2D eigenvalue weighted by Gasteiger charge is -2.35. The standard InChI is InChI=1S/C57H40N4/c1-57(2)46-33-36(59-50-23-11-5-17-40(50)41-18-6-12-24-51(41)59)28-30-55(46)61-54-29-27-35(58-48-21-9-3-15-38(48)39-16-4-10-22-49(39)58)31-44(54)45-32-37(34-47(57)56(45)61)60-52-25-13-7-19-42(52)43-20-8-14-26-53(43)60/h3-5,7-17,19-34H,6,18H2,1-2H3. The normalized spacial score (nSPS) is 14.3. The fourth-order valence-corrected chi connectivity index (χ4v) is 11.5. The van der Waals surface area contributed by atoms with Gasteiger partial charge in [0.1, 0.15) is 0 Å². The molecule has 4 aromatic heterocycles. The molecule has 0 saturated carbocycles. The molecule has 14 rings (SSSR count). The van der Waals surface area contributed by atoms with Gasteiger partial charge in [0.15, 0.2) is 0 Å². The van der Waals surface area contributed by atoms with E-state index in [0.717, 1.165) is 12.8 Å². The zero-order valence-electron chi connectivity index (χ0n) is 34.0. The second-order valence-electron chi connectivity index (χ2n) is 17.6. The zero-order chi connectivity index (χ0) is 40.1. The van der Waals surface area contributed by atoms with E-state index in [4.69, 9.17) is 0 Å². The van der Waals surface area contributed by atoms with E-state index in [1.165, 1.54) is 121 Å². The van der Waals surface area contributed by atoms with Crippen molar-refractivity contribution in [3.63, 3.8) is 0 Å². The minimum Gasteiger partial charge on any atom is -0.310 e. The van der Waals surface area contributed by atoms with Crippen LogP contribution in [0.3, 0.4) is 0 Å². The van der Waals surface area contributed by atoms with E-state index in [0.29, 0.717) is 0 Å². The summed E-state index contributed by atoms with van der Waals surface area (Å²) in [5.41, 5.74) is 18.6. The van der Waals surface area contributed by atoms with Crippen LogP contribution < -0.4 is 0 Å². The first-order valence-electron chi connectivity index (χ1n) is 21.6. The predicted octanol–water partition coefficient (Wildman–Crippen LogP) is 14.5. The molecule has 0 spiro atoms. The third kappa shape index (κ3) is 4.29. The van der Waals surface area contributed by atoms with Crippen molar-refractivity contribution < 1.29 is 0 Å². The quantitative estimate of drug-likeness (QED) is 0.170. The summed E-state index contributed by atoms with van der Waals surface area (Å²) in [6.45, 7) is 4.88. The minimum atomic E-state index is -0.322. The molecule has 0 bridgehead atoms. The van der Waals surface area contributed by atoms with Gasteiger partial charge in [-0.25, -0.2) is 0 Å². The molecule has 0 atom stereocenters. The van der Waals surface area contributed by atoms with E-state index in [2.05, 4.69) is 214 Å². The molecule has 1 aliphatic heterocycles. The van der Waals surface area contributed by atoms with E-state index in [-0.39, 0.29) is 5.41 Å². The maximum absolute atomic E-state index is 2.57. The molecular formula is C57H40N4. The summed E-state index contributed by atoms with van der Waals surface area (Å²) in [5.74, 6) is 0. The van der Waals surface area contributed by atoms with Crippen LogP contribution in [0.25, 0.3) is 105 Å². The number of benzene rings is 8. The molecule has 12 aromatic rings. The van der Waals surface area contributed by atoms with Crippen LogP contribution in [0.1, 0.15) is 42.7 Å². The fraction of sp³-hybridized carbons (Fsp3) is 0.0877. The van der Waals surface area contributed by atoms with Crippen molar-refractivity contribution in [1.82, 2.24) is 18.3 Å². The van der Waals surface area contributed by atoms with Gasteiger partial charge in [0.05, 0.1) is 44.3 Å². The van der Waals surface area contributed by atoms with Crippen molar-refractivity contribution in [2.24, 2.45) is 0 Å². The number of fused-ring (bicyclic) bond motifs is 14. The molecule has 288 valence electrons. The second-order valence-corrected chi connectivity index (χ2v) is 17.6. The van der Waals surface area contributed by atoms with Crippen molar-refractivity contribution in [2.45, 2.75) is 32.1 Å². The van der Waals surface area contributed by atoms with Crippen molar-refractivity contribution in [3.05, 3.63) is 198 Å². The highest BCUT2D eigenvalue weighted by molar-refractivity contribution is 6.15. The Morgan fingerprint density at radius 3 is 1.49 bits per heavy atom. The molecule has 0 fully saturated rings. The maximum atomic E-state index is 2.57. The first-order chi connectivity index (χ1) is 30.0. The lowest BCUT2D eigenvalue weighted by atomic mass is 9.74. The van der Waals surface area contributed by atoms with Gasteiger partial charge in [-0.05, 0) is 114 Å². The molecule has 0 saturated heterocycles. The average Bonchev–Trinajstić information content (AvgIpc) is 4.03. The number of para-hydroxylation sites is 5. The van der Waals surface area contributed by atoms with Crippen LogP contribution in [0, 0.1) is 0 Å². The predicted molar refractivity (Wildman–Crippen MR) is 256 cm³/mol. The van der Waals surface area contributed by atoms with Crippen molar-refractivity contribution in [2.75, 3.05) is 0 Å². The number of allylic oxidation sites excluding steroid dienone is 1. The van der Waals surface area contributed by atoms with Crippen molar-refractivity contribution in [1.29, 1.82) is 0 Å². The summed E-state index contributed by atoms with van der Waals surface area (Å²) < 4.78 is 10.0. The van der Waals surface area contributed by atoms with Gasteiger partial charge in [0.25, 0.3) is 0 Å². The summed E-state index contributed by atoms with van der Waals surface area (Å²) in [5, 5.41) is 8.97. The molecule has 4 heteroatoms. The summed E-state index contributed by atoms with van der Waals surface area (Å²) in [7, 11) is 0. The second kappa shape index (κ2) is 11.8. The first kappa shape index (κ1) is 33.3. The lowest BCUT2D eigenvalue weighted by Crippen LogP contribution is -2.27. The highest BCUT2D eigenvalue weighted by Gasteiger charge is 2.37. The van der Waals surface area contributed by atoms with Gasteiger partial charge >= 0.3 is 0 Å². The Morgan fingerprint density at radius 2 is 0.869 bits per heavy atom. The Bertz CT molecular complexity index is 3810.